The molecular weight excluding hydrogens is 339 g/mol. The molecule has 0 fully saturated rings. The van der Waals surface area contributed by atoms with Crippen molar-refractivity contribution in [1.29, 1.82) is 0 Å². The minimum atomic E-state index is -0.0781. The number of ketones is 1. The van der Waals surface area contributed by atoms with Crippen LogP contribution in [-0.4, -0.2) is 5.78 Å². The van der Waals surface area contributed by atoms with E-state index in [0.29, 0.717) is 15.6 Å². The lowest BCUT2D eigenvalue weighted by molar-refractivity contribution is 0.104. The maximum atomic E-state index is 12.3. The minimum absolute atomic E-state index is 0.0781. The molecule has 0 bridgehead atoms. The first kappa shape index (κ1) is 16.5. The quantitative estimate of drug-likeness (QED) is 0.384. The maximum Gasteiger partial charge on any atom is 0.185 e. The molecule has 1 nitrogen and oxygen atoms in total. The zero-order chi connectivity index (χ0) is 16.9. The first-order valence-corrected chi connectivity index (χ1v) is 8.22. The van der Waals surface area contributed by atoms with Crippen LogP contribution in [-0.2, 0) is 0 Å². The summed E-state index contributed by atoms with van der Waals surface area (Å²) in [5.74, 6) is -0.0781. The smallest absolute Gasteiger partial charge is 0.185 e. The van der Waals surface area contributed by atoms with Crippen molar-refractivity contribution in [2.75, 3.05) is 0 Å². The Morgan fingerprint density at radius 1 is 0.750 bits per heavy atom. The standard InChI is InChI=1S/C21H14Cl2O/c22-19-8-4-7-18(21(19)23)13-14-20(24)17-11-9-16(10-12-17)15-5-2-1-3-6-15/h1-14H. The van der Waals surface area contributed by atoms with Gasteiger partial charge in [0.05, 0.1) is 10.0 Å². The van der Waals surface area contributed by atoms with Crippen LogP contribution in [0.4, 0.5) is 0 Å². The van der Waals surface area contributed by atoms with Gasteiger partial charge in [0.2, 0.25) is 0 Å². The molecule has 24 heavy (non-hydrogen) atoms. The van der Waals surface area contributed by atoms with Crippen molar-refractivity contribution >= 4 is 35.1 Å². The highest BCUT2D eigenvalue weighted by Gasteiger charge is 2.05. The van der Waals surface area contributed by atoms with Crippen LogP contribution in [0, 0.1) is 0 Å². The molecule has 0 heterocycles. The Morgan fingerprint density at radius 2 is 1.42 bits per heavy atom. The average Bonchev–Trinajstić information content (AvgIpc) is 2.63. The third kappa shape index (κ3) is 3.76. The number of carbonyl (C=O) groups excluding carboxylic acids is 1. The van der Waals surface area contributed by atoms with Gasteiger partial charge in [-0.15, -0.1) is 0 Å². The lowest BCUT2D eigenvalue weighted by atomic mass is 10.0. The predicted octanol–water partition coefficient (Wildman–Crippen LogP) is 6.56. The van der Waals surface area contributed by atoms with Gasteiger partial charge >= 0.3 is 0 Å². The molecule has 0 unspecified atom stereocenters. The maximum absolute atomic E-state index is 12.3. The summed E-state index contributed by atoms with van der Waals surface area (Å²) in [6, 6.07) is 22.9. The van der Waals surface area contributed by atoms with Crippen LogP contribution in [0.3, 0.4) is 0 Å². The molecule has 0 spiro atoms. The van der Waals surface area contributed by atoms with Crippen LogP contribution in [0.1, 0.15) is 15.9 Å². The minimum Gasteiger partial charge on any atom is -0.289 e. The summed E-state index contributed by atoms with van der Waals surface area (Å²) < 4.78 is 0. The molecule has 3 heteroatoms. The third-order valence-electron chi connectivity index (χ3n) is 3.67. The van der Waals surface area contributed by atoms with E-state index in [9.17, 15) is 4.79 Å². The molecule has 3 aromatic carbocycles. The second kappa shape index (κ2) is 7.48. The number of rotatable bonds is 4. The lowest BCUT2D eigenvalue weighted by Gasteiger charge is -2.03. The summed E-state index contributed by atoms with van der Waals surface area (Å²) in [5, 5.41) is 0.918. The van der Waals surface area contributed by atoms with Crippen LogP contribution in [0.15, 0.2) is 78.9 Å². The second-order valence-electron chi connectivity index (χ2n) is 5.28. The molecule has 0 aromatic heterocycles. The Hall–Kier alpha value is -2.35. The van der Waals surface area contributed by atoms with E-state index in [2.05, 4.69) is 0 Å². The van der Waals surface area contributed by atoms with Gasteiger partial charge in [0.25, 0.3) is 0 Å². The highest BCUT2D eigenvalue weighted by molar-refractivity contribution is 6.42. The number of hydrogen-bond donors (Lipinski definition) is 0. The van der Waals surface area contributed by atoms with Gasteiger partial charge in [-0.25, -0.2) is 0 Å². The molecule has 3 aromatic rings. The average molecular weight is 353 g/mol. The van der Waals surface area contributed by atoms with Gasteiger partial charge in [-0.3, -0.25) is 4.79 Å². The van der Waals surface area contributed by atoms with Gasteiger partial charge in [0.15, 0.2) is 5.78 Å². The van der Waals surface area contributed by atoms with Crippen LogP contribution < -0.4 is 0 Å². The van der Waals surface area contributed by atoms with Crippen molar-refractivity contribution in [3.05, 3.63) is 100 Å². The zero-order valence-corrected chi connectivity index (χ0v) is 14.3. The molecule has 0 aliphatic rings. The number of halogens is 2. The summed E-state index contributed by atoms with van der Waals surface area (Å²) in [6.45, 7) is 0. The number of allylic oxidation sites excluding steroid dienone is 1. The fourth-order valence-corrected chi connectivity index (χ4v) is 2.74. The molecule has 0 N–H and O–H groups in total. The topological polar surface area (TPSA) is 17.1 Å². The summed E-state index contributed by atoms with van der Waals surface area (Å²) in [6.07, 6.45) is 3.19. The van der Waals surface area contributed by atoms with Crippen LogP contribution in [0.2, 0.25) is 10.0 Å². The molecule has 0 amide bonds. The van der Waals surface area contributed by atoms with E-state index in [-0.39, 0.29) is 5.78 Å². The Bertz CT molecular complexity index is 881. The van der Waals surface area contributed by atoms with Crippen molar-refractivity contribution in [3.8, 4) is 11.1 Å². The third-order valence-corrected chi connectivity index (χ3v) is 4.51. The second-order valence-corrected chi connectivity index (χ2v) is 6.07. The molecule has 3 rings (SSSR count). The fourth-order valence-electron chi connectivity index (χ4n) is 2.37. The number of benzene rings is 3. The number of hydrogen-bond acceptors (Lipinski definition) is 1. The Balaban J connectivity index is 1.78. The van der Waals surface area contributed by atoms with Gasteiger partial charge in [-0.1, -0.05) is 89.9 Å². The van der Waals surface area contributed by atoms with Crippen molar-refractivity contribution in [1.82, 2.24) is 0 Å². The first-order valence-electron chi connectivity index (χ1n) is 7.47. The molecular formula is C21H14Cl2O. The molecule has 118 valence electrons. The molecule has 0 atom stereocenters. The van der Waals surface area contributed by atoms with Gasteiger partial charge in [-0.05, 0) is 34.9 Å². The van der Waals surface area contributed by atoms with Crippen LogP contribution in [0.25, 0.3) is 17.2 Å². The van der Waals surface area contributed by atoms with E-state index in [4.69, 9.17) is 23.2 Å². The van der Waals surface area contributed by atoms with Crippen molar-refractivity contribution in [2.24, 2.45) is 0 Å². The Morgan fingerprint density at radius 3 is 2.12 bits per heavy atom. The highest BCUT2D eigenvalue weighted by atomic mass is 35.5. The van der Waals surface area contributed by atoms with E-state index >= 15 is 0 Å². The summed E-state index contributed by atoms with van der Waals surface area (Å²) >= 11 is 12.1. The van der Waals surface area contributed by atoms with E-state index in [1.54, 1.807) is 18.2 Å². The van der Waals surface area contributed by atoms with Gasteiger partial charge < -0.3 is 0 Å². The summed E-state index contributed by atoms with van der Waals surface area (Å²) in [5.41, 5.74) is 3.55. The number of carbonyl (C=O) groups is 1. The van der Waals surface area contributed by atoms with Crippen molar-refractivity contribution < 1.29 is 4.79 Å². The van der Waals surface area contributed by atoms with Crippen molar-refractivity contribution in [3.63, 3.8) is 0 Å². The van der Waals surface area contributed by atoms with Gasteiger partial charge in [-0.2, -0.15) is 0 Å². The monoisotopic (exact) mass is 352 g/mol. The van der Waals surface area contributed by atoms with Crippen molar-refractivity contribution in [2.45, 2.75) is 0 Å². The normalized spacial score (nSPS) is 10.9. The summed E-state index contributed by atoms with van der Waals surface area (Å²) in [4.78, 5) is 12.3. The largest absolute Gasteiger partial charge is 0.289 e. The highest BCUT2D eigenvalue weighted by Crippen LogP contribution is 2.26. The Kier molecular flexibility index (Phi) is 5.14. The van der Waals surface area contributed by atoms with Crippen LogP contribution in [0.5, 0.6) is 0 Å². The van der Waals surface area contributed by atoms with Gasteiger partial charge in [0, 0.05) is 5.56 Å². The molecule has 0 saturated carbocycles. The molecule has 0 radical (unpaired) electrons. The Labute approximate surface area is 151 Å². The van der Waals surface area contributed by atoms with Gasteiger partial charge in [0.1, 0.15) is 0 Å². The fraction of sp³-hybridized carbons (Fsp3) is 0. The lowest BCUT2D eigenvalue weighted by Crippen LogP contribution is -1.94. The molecule has 0 aliphatic carbocycles. The van der Waals surface area contributed by atoms with Crippen LogP contribution >= 0.6 is 23.2 Å². The summed E-state index contributed by atoms with van der Waals surface area (Å²) in [7, 11) is 0. The molecule has 0 aliphatic heterocycles. The molecule has 0 saturated heterocycles. The predicted molar refractivity (Wildman–Crippen MR) is 102 cm³/mol. The van der Waals surface area contributed by atoms with E-state index in [0.717, 1.165) is 16.7 Å². The zero-order valence-electron chi connectivity index (χ0n) is 12.7. The SMILES string of the molecule is O=C(C=Cc1cccc(Cl)c1Cl)c1ccc(-c2ccccc2)cc1. The first-order chi connectivity index (χ1) is 11.6. The van der Waals surface area contributed by atoms with E-state index in [1.165, 1.54) is 6.08 Å². The van der Waals surface area contributed by atoms with E-state index < -0.39 is 0 Å². The van der Waals surface area contributed by atoms with E-state index in [1.807, 2.05) is 60.7 Å².